The van der Waals surface area contributed by atoms with Crippen LogP contribution in [-0.2, 0) is 0 Å². The molecule has 0 aromatic heterocycles. The maximum atomic E-state index is 9.61. The van der Waals surface area contributed by atoms with Gasteiger partial charge in [0, 0.05) is 3.57 Å². The Morgan fingerprint density at radius 3 is 2.42 bits per heavy atom. The molecule has 1 N–H and O–H groups in total. The lowest BCUT2D eigenvalue weighted by Gasteiger charge is -2.08. The highest BCUT2D eigenvalue weighted by molar-refractivity contribution is 14.1. The third-order valence-corrected chi connectivity index (χ3v) is 2.54. The average molecular weight is 276 g/mol. The molecule has 12 heavy (non-hydrogen) atoms. The number of halogens is 1. The first-order chi connectivity index (χ1) is 5.74. The molecule has 0 spiro atoms. The van der Waals surface area contributed by atoms with Crippen molar-refractivity contribution in [2.45, 2.75) is 25.9 Å². The summed E-state index contributed by atoms with van der Waals surface area (Å²) >= 11 is 2.26. The molecule has 0 radical (unpaired) electrons. The van der Waals surface area contributed by atoms with Crippen molar-refractivity contribution >= 4 is 22.6 Å². The predicted octanol–water partition coefficient (Wildman–Crippen LogP) is 3.12. The average Bonchev–Trinajstić information content (AvgIpc) is 2.06. The lowest BCUT2D eigenvalue weighted by atomic mass is 10.1. The number of rotatable bonds is 3. The minimum atomic E-state index is -0.285. The summed E-state index contributed by atoms with van der Waals surface area (Å²) in [6.07, 6.45) is 1.58. The van der Waals surface area contributed by atoms with Crippen LogP contribution in [0.4, 0.5) is 0 Å². The molecule has 0 aliphatic carbocycles. The molecule has 1 aromatic rings. The Bertz CT molecular complexity index is 230. The topological polar surface area (TPSA) is 20.2 Å². The van der Waals surface area contributed by atoms with Crippen LogP contribution in [0, 0.1) is 3.57 Å². The molecule has 1 atom stereocenters. The van der Waals surface area contributed by atoms with E-state index in [1.807, 2.05) is 24.3 Å². The molecule has 0 aliphatic heterocycles. The van der Waals surface area contributed by atoms with Gasteiger partial charge in [-0.05, 0) is 46.7 Å². The molecule has 0 amide bonds. The summed E-state index contributed by atoms with van der Waals surface area (Å²) in [5, 5.41) is 9.61. The number of hydrogen-bond donors (Lipinski definition) is 1. The highest BCUT2D eigenvalue weighted by Crippen LogP contribution is 2.18. The lowest BCUT2D eigenvalue weighted by Crippen LogP contribution is -1.95. The van der Waals surface area contributed by atoms with Crippen molar-refractivity contribution in [3.63, 3.8) is 0 Å². The number of benzene rings is 1. The molecular formula is C10H13IO. The van der Waals surface area contributed by atoms with Gasteiger partial charge >= 0.3 is 0 Å². The van der Waals surface area contributed by atoms with E-state index in [-0.39, 0.29) is 6.10 Å². The zero-order valence-electron chi connectivity index (χ0n) is 7.13. The van der Waals surface area contributed by atoms with Crippen molar-refractivity contribution in [1.29, 1.82) is 0 Å². The minimum Gasteiger partial charge on any atom is -0.388 e. The van der Waals surface area contributed by atoms with E-state index in [0.29, 0.717) is 0 Å². The monoisotopic (exact) mass is 276 g/mol. The molecule has 0 heterocycles. The molecule has 1 nitrogen and oxygen atoms in total. The molecule has 66 valence electrons. The third-order valence-electron chi connectivity index (χ3n) is 1.82. The van der Waals surface area contributed by atoms with Crippen molar-refractivity contribution in [3.8, 4) is 0 Å². The van der Waals surface area contributed by atoms with E-state index in [0.717, 1.165) is 18.4 Å². The van der Waals surface area contributed by atoms with Gasteiger partial charge in [0.15, 0.2) is 0 Å². The molecule has 1 aromatic carbocycles. The van der Waals surface area contributed by atoms with E-state index < -0.39 is 0 Å². The Morgan fingerprint density at radius 2 is 1.92 bits per heavy atom. The van der Waals surface area contributed by atoms with Gasteiger partial charge in [0.2, 0.25) is 0 Å². The molecule has 0 saturated carbocycles. The van der Waals surface area contributed by atoms with Gasteiger partial charge in [0.1, 0.15) is 0 Å². The van der Waals surface area contributed by atoms with Crippen molar-refractivity contribution in [2.75, 3.05) is 0 Å². The van der Waals surface area contributed by atoms with E-state index in [1.165, 1.54) is 3.57 Å². The Hall–Kier alpha value is -0.0900. The summed E-state index contributed by atoms with van der Waals surface area (Å²) in [5.41, 5.74) is 1.03. The maximum absolute atomic E-state index is 9.61. The molecule has 0 aliphatic rings. The van der Waals surface area contributed by atoms with Crippen LogP contribution in [0.3, 0.4) is 0 Å². The standard InChI is InChI=1S/C10H13IO/c1-2-3-10(12)8-4-6-9(11)7-5-8/h4-7,10,12H,2-3H2,1H3/t10-/m0/s1. The highest BCUT2D eigenvalue weighted by atomic mass is 127. The first-order valence-corrected chi connectivity index (χ1v) is 5.25. The molecule has 0 bridgehead atoms. The number of aliphatic hydroxyl groups is 1. The largest absolute Gasteiger partial charge is 0.388 e. The zero-order chi connectivity index (χ0) is 8.97. The van der Waals surface area contributed by atoms with Gasteiger partial charge in [-0.2, -0.15) is 0 Å². The van der Waals surface area contributed by atoms with Crippen LogP contribution in [0.25, 0.3) is 0 Å². The minimum absolute atomic E-state index is 0.285. The normalized spacial score (nSPS) is 12.9. The van der Waals surface area contributed by atoms with Crippen LogP contribution >= 0.6 is 22.6 Å². The van der Waals surface area contributed by atoms with Gasteiger partial charge in [0.25, 0.3) is 0 Å². The van der Waals surface area contributed by atoms with Gasteiger partial charge in [-0.3, -0.25) is 0 Å². The van der Waals surface area contributed by atoms with Crippen LogP contribution in [0.2, 0.25) is 0 Å². The number of aliphatic hydroxyl groups excluding tert-OH is 1. The quantitative estimate of drug-likeness (QED) is 0.841. The van der Waals surface area contributed by atoms with Gasteiger partial charge in [-0.1, -0.05) is 25.5 Å². The van der Waals surface area contributed by atoms with Crippen molar-refractivity contribution < 1.29 is 5.11 Å². The summed E-state index contributed by atoms with van der Waals surface area (Å²) in [6, 6.07) is 8.02. The van der Waals surface area contributed by atoms with E-state index in [2.05, 4.69) is 29.5 Å². The van der Waals surface area contributed by atoms with E-state index in [9.17, 15) is 5.11 Å². The molecule has 0 fully saturated rings. The summed E-state index contributed by atoms with van der Waals surface area (Å²) in [5.74, 6) is 0. The third kappa shape index (κ3) is 2.75. The van der Waals surface area contributed by atoms with Gasteiger partial charge in [-0.15, -0.1) is 0 Å². The Kier molecular flexibility index (Phi) is 4.01. The fraction of sp³-hybridized carbons (Fsp3) is 0.400. The fourth-order valence-electron chi connectivity index (χ4n) is 1.13. The molecule has 1 rings (SSSR count). The molecular weight excluding hydrogens is 263 g/mol. The summed E-state index contributed by atoms with van der Waals surface area (Å²) in [7, 11) is 0. The van der Waals surface area contributed by atoms with E-state index in [4.69, 9.17) is 0 Å². The van der Waals surface area contributed by atoms with Crippen LogP contribution < -0.4 is 0 Å². The van der Waals surface area contributed by atoms with Gasteiger partial charge < -0.3 is 5.11 Å². The predicted molar refractivity (Wildman–Crippen MR) is 59.0 cm³/mol. The summed E-state index contributed by atoms with van der Waals surface area (Å²) in [6.45, 7) is 2.08. The lowest BCUT2D eigenvalue weighted by molar-refractivity contribution is 0.166. The second-order valence-electron chi connectivity index (χ2n) is 2.86. The van der Waals surface area contributed by atoms with E-state index in [1.54, 1.807) is 0 Å². The Labute approximate surface area is 86.9 Å². The smallest absolute Gasteiger partial charge is 0.0790 e. The summed E-state index contributed by atoms with van der Waals surface area (Å²) < 4.78 is 1.21. The van der Waals surface area contributed by atoms with Crippen molar-refractivity contribution in [1.82, 2.24) is 0 Å². The fourth-order valence-corrected chi connectivity index (χ4v) is 1.48. The van der Waals surface area contributed by atoms with Crippen LogP contribution in [-0.4, -0.2) is 5.11 Å². The Morgan fingerprint density at radius 1 is 1.33 bits per heavy atom. The van der Waals surface area contributed by atoms with Crippen molar-refractivity contribution in [3.05, 3.63) is 33.4 Å². The SMILES string of the molecule is CCC[C@H](O)c1ccc(I)cc1. The van der Waals surface area contributed by atoms with Crippen molar-refractivity contribution in [2.24, 2.45) is 0 Å². The van der Waals surface area contributed by atoms with Crippen LogP contribution in [0.5, 0.6) is 0 Å². The second kappa shape index (κ2) is 4.82. The van der Waals surface area contributed by atoms with Gasteiger partial charge in [-0.25, -0.2) is 0 Å². The zero-order valence-corrected chi connectivity index (χ0v) is 9.28. The van der Waals surface area contributed by atoms with E-state index >= 15 is 0 Å². The Balaban J connectivity index is 2.68. The number of hydrogen-bond acceptors (Lipinski definition) is 1. The van der Waals surface area contributed by atoms with Gasteiger partial charge in [0.05, 0.1) is 6.10 Å². The van der Waals surface area contributed by atoms with Crippen LogP contribution in [0.15, 0.2) is 24.3 Å². The highest BCUT2D eigenvalue weighted by Gasteiger charge is 2.04. The molecule has 0 saturated heterocycles. The first kappa shape index (κ1) is 9.99. The molecule has 2 heteroatoms. The first-order valence-electron chi connectivity index (χ1n) is 4.17. The summed E-state index contributed by atoms with van der Waals surface area (Å²) in [4.78, 5) is 0. The molecule has 0 unspecified atom stereocenters. The van der Waals surface area contributed by atoms with Crippen LogP contribution in [0.1, 0.15) is 31.4 Å². The maximum Gasteiger partial charge on any atom is 0.0790 e. The second-order valence-corrected chi connectivity index (χ2v) is 4.10.